The van der Waals surface area contributed by atoms with Crippen molar-refractivity contribution in [3.8, 4) is 17.3 Å². The summed E-state index contributed by atoms with van der Waals surface area (Å²) in [6, 6.07) is 7.03. The molecule has 1 amide bonds. The highest BCUT2D eigenvalue weighted by Crippen LogP contribution is 2.15. The molecular formula is C16H15N5O3. The van der Waals surface area contributed by atoms with Crippen LogP contribution in [0, 0.1) is 0 Å². The van der Waals surface area contributed by atoms with Crippen LogP contribution < -0.4 is 10.1 Å². The Labute approximate surface area is 137 Å². The van der Waals surface area contributed by atoms with Crippen molar-refractivity contribution in [3.05, 3.63) is 48.7 Å². The quantitative estimate of drug-likeness (QED) is 0.740. The Morgan fingerprint density at radius 2 is 2.21 bits per heavy atom. The van der Waals surface area contributed by atoms with E-state index in [1.54, 1.807) is 30.6 Å². The van der Waals surface area contributed by atoms with Gasteiger partial charge in [-0.2, -0.15) is 4.98 Å². The molecule has 0 aliphatic rings. The van der Waals surface area contributed by atoms with Crippen molar-refractivity contribution in [2.75, 3.05) is 12.4 Å². The molecule has 8 heteroatoms. The van der Waals surface area contributed by atoms with Crippen molar-refractivity contribution in [2.24, 2.45) is 0 Å². The summed E-state index contributed by atoms with van der Waals surface area (Å²) in [5.41, 5.74) is 1.36. The minimum atomic E-state index is -0.164. The molecular weight excluding hydrogens is 310 g/mol. The SMILES string of the molecule is COc1ccc(NC(=O)CCc2nc(-c3cccnc3)no2)cn1. The lowest BCUT2D eigenvalue weighted by molar-refractivity contribution is -0.116. The Balaban J connectivity index is 1.53. The smallest absolute Gasteiger partial charge is 0.227 e. The van der Waals surface area contributed by atoms with E-state index < -0.39 is 0 Å². The van der Waals surface area contributed by atoms with E-state index in [1.165, 1.54) is 13.3 Å². The topological polar surface area (TPSA) is 103 Å². The van der Waals surface area contributed by atoms with Gasteiger partial charge in [-0.05, 0) is 18.2 Å². The summed E-state index contributed by atoms with van der Waals surface area (Å²) in [6.07, 6.45) is 5.42. The fourth-order valence-corrected chi connectivity index (χ4v) is 1.99. The fourth-order valence-electron chi connectivity index (χ4n) is 1.99. The first kappa shape index (κ1) is 15.6. The number of nitrogens with zero attached hydrogens (tertiary/aromatic N) is 4. The van der Waals surface area contributed by atoms with Crippen LogP contribution in [-0.2, 0) is 11.2 Å². The average molecular weight is 325 g/mol. The number of anilines is 1. The number of rotatable bonds is 6. The van der Waals surface area contributed by atoms with Gasteiger partial charge in [0.05, 0.1) is 19.0 Å². The third-order valence-electron chi connectivity index (χ3n) is 3.18. The summed E-state index contributed by atoms with van der Waals surface area (Å²) in [5.74, 6) is 1.18. The zero-order valence-corrected chi connectivity index (χ0v) is 13.0. The van der Waals surface area contributed by atoms with Crippen LogP contribution in [0.1, 0.15) is 12.3 Å². The molecule has 3 aromatic rings. The molecule has 0 saturated carbocycles. The summed E-state index contributed by atoms with van der Waals surface area (Å²) < 4.78 is 10.1. The lowest BCUT2D eigenvalue weighted by Crippen LogP contribution is -2.12. The van der Waals surface area contributed by atoms with Crippen molar-refractivity contribution in [1.82, 2.24) is 20.1 Å². The first-order valence-electron chi connectivity index (χ1n) is 7.27. The van der Waals surface area contributed by atoms with E-state index in [0.717, 1.165) is 5.56 Å². The van der Waals surface area contributed by atoms with E-state index in [4.69, 9.17) is 9.26 Å². The van der Waals surface area contributed by atoms with Crippen LogP contribution in [-0.4, -0.2) is 33.1 Å². The number of aromatic nitrogens is 4. The Bertz CT molecular complexity index is 802. The third-order valence-corrected chi connectivity index (χ3v) is 3.18. The first-order valence-corrected chi connectivity index (χ1v) is 7.27. The van der Waals surface area contributed by atoms with Crippen LogP contribution in [0.5, 0.6) is 5.88 Å². The molecule has 0 saturated heterocycles. The minimum absolute atomic E-state index is 0.164. The summed E-state index contributed by atoms with van der Waals surface area (Å²) in [4.78, 5) is 24.2. The molecule has 0 aliphatic heterocycles. The number of amides is 1. The van der Waals surface area contributed by atoms with E-state index in [1.807, 2.05) is 6.07 Å². The summed E-state index contributed by atoms with van der Waals surface area (Å²) in [7, 11) is 1.53. The van der Waals surface area contributed by atoms with Gasteiger partial charge in [0.25, 0.3) is 0 Å². The standard InChI is InChI=1S/C16H15N5O3/c1-23-14-6-4-12(10-18-14)19-13(22)5-7-15-20-16(21-24-15)11-3-2-8-17-9-11/h2-4,6,8-10H,5,7H2,1H3,(H,19,22). The molecule has 1 N–H and O–H groups in total. The maximum absolute atomic E-state index is 11.9. The molecule has 0 bridgehead atoms. The van der Waals surface area contributed by atoms with Crippen LogP contribution in [0.15, 0.2) is 47.4 Å². The largest absolute Gasteiger partial charge is 0.481 e. The van der Waals surface area contributed by atoms with E-state index in [-0.39, 0.29) is 12.3 Å². The number of nitrogens with one attached hydrogen (secondary N) is 1. The molecule has 3 rings (SSSR count). The monoisotopic (exact) mass is 325 g/mol. The van der Waals surface area contributed by atoms with Crippen molar-refractivity contribution < 1.29 is 14.1 Å². The lowest BCUT2D eigenvalue weighted by atomic mass is 10.2. The average Bonchev–Trinajstić information content (AvgIpc) is 3.10. The molecule has 3 aromatic heterocycles. The van der Waals surface area contributed by atoms with Gasteiger partial charge in [-0.15, -0.1) is 0 Å². The predicted octanol–water partition coefficient (Wildman–Crippen LogP) is 2.11. The molecule has 0 spiro atoms. The molecule has 3 heterocycles. The Morgan fingerprint density at radius 1 is 1.29 bits per heavy atom. The van der Waals surface area contributed by atoms with Gasteiger partial charge in [0, 0.05) is 36.9 Å². The molecule has 8 nitrogen and oxygen atoms in total. The maximum Gasteiger partial charge on any atom is 0.227 e. The van der Waals surface area contributed by atoms with Gasteiger partial charge in [-0.25, -0.2) is 4.98 Å². The Hall–Kier alpha value is -3.29. The van der Waals surface area contributed by atoms with Crippen LogP contribution in [0.25, 0.3) is 11.4 Å². The molecule has 0 aliphatic carbocycles. The second-order valence-electron chi connectivity index (χ2n) is 4.89. The zero-order valence-electron chi connectivity index (χ0n) is 13.0. The zero-order chi connectivity index (χ0) is 16.8. The Kier molecular flexibility index (Phi) is 4.76. The summed E-state index contributed by atoms with van der Waals surface area (Å²) >= 11 is 0. The highest BCUT2D eigenvalue weighted by atomic mass is 16.5. The highest BCUT2D eigenvalue weighted by Gasteiger charge is 2.11. The minimum Gasteiger partial charge on any atom is -0.481 e. The second kappa shape index (κ2) is 7.32. The first-order chi connectivity index (χ1) is 11.7. The number of carbonyl (C=O) groups excluding carboxylic acids is 1. The van der Waals surface area contributed by atoms with Crippen molar-refractivity contribution >= 4 is 11.6 Å². The number of carbonyl (C=O) groups is 1. The molecule has 122 valence electrons. The number of pyridine rings is 2. The van der Waals surface area contributed by atoms with Crippen LogP contribution in [0.3, 0.4) is 0 Å². The van der Waals surface area contributed by atoms with Crippen molar-refractivity contribution in [1.29, 1.82) is 0 Å². The van der Waals surface area contributed by atoms with Gasteiger partial charge >= 0.3 is 0 Å². The molecule has 0 unspecified atom stereocenters. The number of ether oxygens (including phenoxy) is 1. The Morgan fingerprint density at radius 3 is 2.92 bits per heavy atom. The van der Waals surface area contributed by atoms with E-state index in [0.29, 0.717) is 29.7 Å². The third kappa shape index (κ3) is 3.92. The highest BCUT2D eigenvalue weighted by molar-refractivity contribution is 5.90. The van der Waals surface area contributed by atoms with Gasteiger partial charge in [0.2, 0.25) is 23.5 Å². The molecule has 0 aromatic carbocycles. The van der Waals surface area contributed by atoms with Gasteiger partial charge in [0.15, 0.2) is 0 Å². The summed E-state index contributed by atoms with van der Waals surface area (Å²) in [5, 5.41) is 6.63. The normalized spacial score (nSPS) is 10.4. The van der Waals surface area contributed by atoms with Gasteiger partial charge in [0.1, 0.15) is 0 Å². The van der Waals surface area contributed by atoms with Crippen LogP contribution in [0.4, 0.5) is 5.69 Å². The number of hydrogen-bond acceptors (Lipinski definition) is 7. The van der Waals surface area contributed by atoms with E-state index in [9.17, 15) is 4.79 Å². The fraction of sp³-hybridized carbons (Fsp3) is 0.188. The molecule has 24 heavy (non-hydrogen) atoms. The van der Waals surface area contributed by atoms with Crippen molar-refractivity contribution in [3.63, 3.8) is 0 Å². The van der Waals surface area contributed by atoms with Gasteiger partial charge in [-0.3, -0.25) is 9.78 Å². The van der Waals surface area contributed by atoms with Gasteiger partial charge < -0.3 is 14.6 Å². The number of aryl methyl sites for hydroxylation is 1. The number of methoxy groups -OCH3 is 1. The lowest BCUT2D eigenvalue weighted by Gasteiger charge is -2.04. The van der Waals surface area contributed by atoms with Crippen LogP contribution in [0.2, 0.25) is 0 Å². The summed E-state index contributed by atoms with van der Waals surface area (Å²) in [6.45, 7) is 0. The molecule has 0 fully saturated rings. The van der Waals surface area contributed by atoms with E-state index in [2.05, 4.69) is 25.4 Å². The molecule has 0 radical (unpaired) electrons. The molecule has 0 atom stereocenters. The van der Waals surface area contributed by atoms with E-state index >= 15 is 0 Å². The number of hydrogen-bond donors (Lipinski definition) is 1. The van der Waals surface area contributed by atoms with Crippen molar-refractivity contribution in [2.45, 2.75) is 12.8 Å². The predicted molar refractivity (Wildman–Crippen MR) is 85.3 cm³/mol. The second-order valence-corrected chi connectivity index (χ2v) is 4.89. The van der Waals surface area contributed by atoms with Gasteiger partial charge in [-0.1, -0.05) is 5.16 Å². The van der Waals surface area contributed by atoms with Crippen LogP contribution >= 0.6 is 0 Å². The maximum atomic E-state index is 11.9.